The van der Waals surface area contributed by atoms with Crippen LogP contribution in [0.4, 0.5) is 0 Å². The van der Waals surface area contributed by atoms with Crippen molar-refractivity contribution in [3.8, 4) is 0 Å². The smallest absolute Gasteiger partial charge is 0.124 e. The van der Waals surface area contributed by atoms with E-state index in [4.69, 9.17) is 4.52 Å². The van der Waals surface area contributed by atoms with Crippen LogP contribution in [-0.2, 0) is 6.54 Å². The van der Waals surface area contributed by atoms with Gasteiger partial charge in [-0.05, 0) is 13.0 Å². The van der Waals surface area contributed by atoms with E-state index in [9.17, 15) is 0 Å². The maximum Gasteiger partial charge on any atom is 0.124 e. The Morgan fingerprint density at radius 3 is 2.16 bits per heavy atom. The lowest BCUT2D eigenvalue weighted by molar-refractivity contribution is 0.408. The lowest BCUT2D eigenvalue weighted by Crippen LogP contribution is -2.14. The van der Waals surface area contributed by atoms with E-state index in [1.165, 1.54) is 64.2 Å². The molecule has 1 aromatic heterocycles. The van der Waals surface area contributed by atoms with Crippen molar-refractivity contribution in [1.29, 1.82) is 0 Å². The highest BCUT2D eigenvalue weighted by molar-refractivity contribution is 4.93. The Hall–Kier alpha value is -0.830. The number of rotatable bonds is 13. The van der Waals surface area contributed by atoms with Gasteiger partial charge in [-0.2, -0.15) is 0 Å². The minimum absolute atomic E-state index is 0.827. The molecule has 19 heavy (non-hydrogen) atoms. The highest BCUT2D eigenvalue weighted by Gasteiger charge is 1.95. The number of hydrogen-bond donors (Lipinski definition) is 1. The van der Waals surface area contributed by atoms with E-state index in [-0.39, 0.29) is 0 Å². The van der Waals surface area contributed by atoms with E-state index >= 15 is 0 Å². The average molecular weight is 266 g/mol. The molecule has 0 fully saturated rings. The number of hydrogen-bond acceptors (Lipinski definition) is 3. The van der Waals surface area contributed by atoms with E-state index in [2.05, 4.69) is 17.4 Å². The van der Waals surface area contributed by atoms with E-state index in [0.717, 1.165) is 18.8 Å². The second-order valence-electron chi connectivity index (χ2n) is 5.35. The lowest BCUT2D eigenvalue weighted by atomic mass is 10.1. The third kappa shape index (κ3) is 9.71. The van der Waals surface area contributed by atoms with Gasteiger partial charge in [0.15, 0.2) is 0 Å². The zero-order chi connectivity index (χ0) is 13.6. The molecule has 0 aliphatic rings. The van der Waals surface area contributed by atoms with Gasteiger partial charge in [-0.15, -0.1) is 0 Å². The molecule has 3 nitrogen and oxygen atoms in total. The van der Waals surface area contributed by atoms with Crippen LogP contribution in [0.5, 0.6) is 0 Å². The summed E-state index contributed by atoms with van der Waals surface area (Å²) in [6, 6.07) is 1.91. The summed E-state index contributed by atoms with van der Waals surface area (Å²) in [6.45, 7) is 4.19. The topological polar surface area (TPSA) is 38.1 Å². The molecule has 0 amide bonds. The Kier molecular flexibility index (Phi) is 10.4. The predicted molar refractivity (Wildman–Crippen MR) is 80.1 cm³/mol. The number of aromatic nitrogens is 1. The van der Waals surface area contributed by atoms with Crippen LogP contribution in [0.2, 0.25) is 0 Å². The molecular weight excluding hydrogens is 236 g/mol. The van der Waals surface area contributed by atoms with Crippen molar-refractivity contribution in [3.05, 3.63) is 18.0 Å². The molecule has 0 unspecified atom stereocenters. The third-order valence-corrected chi connectivity index (χ3v) is 3.50. The second-order valence-corrected chi connectivity index (χ2v) is 5.35. The average Bonchev–Trinajstić information content (AvgIpc) is 2.93. The summed E-state index contributed by atoms with van der Waals surface area (Å²) in [4.78, 5) is 0. The van der Waals surface area contributed by atoms with Crippen molar-refractivity contribution >= 4 is 0 Å². The van der Waals surface area contributed by atoms with Crippen LogP contribution in [0.1, 0.15) is 76.8 Å². The largest absolute Gasteiger partial charge is 0.364 e. The molecule has 1 aromatic rings. The van der Waals surface area contributed by atoms with Gasteiger partial charge in [0.2, 0.25) is 0 Å². The third-order valence-electron chi connectivity index (χ3n) is 3.50. The van der Waals surface area contributed by atoms with Crippen molar-refractivity contribution in [2.24, 2.45) is 0 Å². The monoisotopic (exact) mass is 266 g/mol. The van der Waals surface area contributed by atoms with Crippen molar-refractivity contribution in [1.82, 2.24) is 10.5 Å². The Balaban J connectivity index is 1.72. The molecule has 0 saturated carbocycles. The Morgan fingerprint density at radius 1 is 0.947 bits per heavy atom. The maximum atomic E-state index is 4.78. The summed E-state index contributed by atoms with van der Waals surface area (Å²) in [5.41, 5.74) is 0.993. The standard InChI is InChI=1S/C16H30N2O/c1-2-3-4-5-6-7-8-9-10-11-13-17-15-16-12-14-19-18-16/h12,14,17H,2-11,13,15H2,1H3. The van der Waals surface area contributed by atoms with Gasteiger partial charge in [0, 0.05) is 12.6 Å². The minimum Gasteiger partial charge on any atom is -0.364 e. The number of nitrogens with zero attached hydrogens (tertiary/aromatic N) is 1. The number of unbranched alkanes of at least 4 members (excludes halogenated alkanes) is 9. The molecule has 0 saturated heterocycles. The lowest BCUT2D eigenvalue weighted by Gasteiger charge is -2.03. The molecule has 1 heterocycles. The minimum atomic E-state index is 0.827. The van der Waals surface area contributed by atoms with Crippen LogP contribution in [0.15, 0.2) is 16.9 Å². The first-order chi connectivity index (χ1) is 9.43. The van der Waals surface area contributed by atoms with E-state index in [1.807, 2.05) is 6.07 Å². The summed E-state index contributed by atoms with van der Waals surface area (Å²) >= 11 is 0. The van der Waals surface area contributed by atoms with Crippen LogP contribution >= 0.6 is 0 Å². The van der Waals surface area contributed by atoms with E-state index in [0.29, 0.717) is 0 Å². The fourth-order valence-corrected chi connectivity index (χ4v) is 2.28. The normalized spacial score (nSPS) is 11.0. The van der Waals surface area contributed by atoms with Crippen LogP contribution < -0.4 is 5.32 Å². The van der Waals surface area contributed by atoms with Crippen molar-refractivity contribution in [3.63, 3.8) is 0 Å². The SMILES string of the molecule is CCCCCCCCCCCCNCc1ccon1. The van der Waals surface area contributed by atoms with Crippen LogP contribution in [0, 0.1) is 0 Å². The number of nitrogens with one attached hydrogen (secondary N) is 1. The molecule has 0 aliphatic carbocycles. The van der Waals surface area contributed by atoms with Gasteiger partial charge in [-0.25, -0.2) is 0 Å². The Bertz CT molecular complexity index is 272. The van der Waals surface area contributed by atoms with Crippen molar-refractivity contribution in [2.45, 2.75) is 77.7 Å². The summed E-state index contributed by atoms with van der Waals surface area (Å²) in [5.74, 6) is 0. The van der Waals surface area contributed by atoms with Gasteiger partial charge < -0.3 is 9.84 Å². The van der Waals surface area contributed by atoms with E-state index in [1.54, 1.807) is 6.26 Å². The zero-order valence-electron chi connectivity index (χ0n) is 12.5. The first kappa shape index (κ1) is 16.2. The fourth-order valence-electron chi connectivity index (χ4n) is 2.28. The Morgan fingerprint density at radius 2 is 1.58 bits per heavy atom. The van der Waals surface area contributed by atoms with Gasteiger partial charge in [0.05, 0.1) is 5.69 Å². The molecule has 1 N–H and O–H groups in total. The first-order valence-electron chi connectivity index (χ1n) is 8.03. The van der Waals surface area contributed by atoms with Crippen LogP contribution in [0.25, 0.3) is 0 Å². The van der Waals surface area contributed by atoms with Gasteiger partial charge in [-0.3, -0.25) is 0 Å². The van der Waals surface area contributed by atoms with Gasteiger partial charge in [-0.1, -0.05) is 69.9 Å². The predicted octanol–water partition coefficient (Wildman–Crippen LogP) is 4.69. The molecular formula is C16H30N2O. The molecule has 0 spiro atoms. The van der Waals surface area contributed by atoms with Crippen molar-refractivity contribution < 1.29 is 4.52 Å². The summed E-state index contributed by atoms with van der Waals surface area (Å²) in [7, 11) is 0. The molecule has 3 heteroatoms. The fraction of sp³-hybridized carbons (Fsp3) is 0.812. The summed E-state index contributed by atoms with van der Waals surface area (Å²) in [5, 5.41) is 7.26. The van der Waals surface area contributed by atoms with Gasteiger partial charge in [0.1, 0.15) is 6.26 Å². The first-order valence-corrected chi connectivity index (χ1v) is 8.03. The quantitative estimate of drug-likeness (QED) is 0.527. The molecule has 0 radical (unpaired) electrons. The van der Waals surface area contributed by atoms with Crippen molar-refractivity contribution in [2.75, 3.05) is 6.54 Å². The summed E-state index contributed by atoms with van der Waals surface area (Å²) < 4.78 is 4.78. The molecule has 0 atom stereocenters. The summed E-state index contributed by atoms with van der Waals surface area (Å²) in [6.07, 6.45) is 15.5. The molecule has 0 aromatic carbocycles. The molecule has 1 rings (SSSR count). The second kappa shape index (κ2) is 12.2. The Labute approximate surface area is 118 Å². The highest BCUT2D eigenvalue weighted by Crippen LogP contribution is 2.10. The molecule has 110 valence electrons. The van der Waals surface area contributed by atoms with Gasteiger partial charge >= 0.3 is 0 Å². The zero-order valence-corrected chi connectivity index (χ0v) is 12.5. The van der Waals surface area contributed by atoms with Crippen LogP contribution in [-0.4, -0.2) is 11.7 Å². The molecule has 0 bridgehead atoms. The molecule has 0 aliphatic heterocycles. The van der Waals surface area contributed by atoms with E-state index < -0.39 is 0 Å². The highest BCUT2D eigenvalue weighted by atomic mass is 16.5. The van der Waals surface area contributed by atoms with Crippen LogP contribution in [0.3, 0.4) is 0 Å². The van der Waals surface area contributed by atoms with Gasteiger partial charge in [0.25, 0.3) is 0 Å². The maximum absolute atomic E-state index is 4.78.